The van der Waals surface area contributed by atoms with Gasteiger partial charge in [0.15, 0.2) is 0 Å². The van der Waals surface area contributed by atoms with E-state index in [-0.39, 0.29) is 10.6 Å². The normalized spacial score (nSPS) is 11.3. The lowest BCUT2D eigenvalue weighted by Gasteiger charge is -2.15. The molecule has 0 aliphatic heterocycles. The predicted molar refractivity (Wildman–Crippen MR) is 128 cm³/mol. The number of aryl methyl sites for hydroxylation is 1. The zero-order valence-corrected chi connectivity index (χ0v) is 19.9. The van der Waals surface area contributed by atoms with Gasteiger partial charge < -0.3 is 4.74 Å². The summed E-state index contributed by atoms with van der Waals surface area (Å²) in [7, 11) is -2.49. The number of rotatable bonds is 6. The van der Waals surface area contributed by atoms with E-state index < -0.39 is 15.8 Å². The van der Waals surface area contributed by atoms with Crippen molar-refractivity contribution in [3.63, 3.8) is 0 Å². The zero-order valence-electron chi connectivity index (χ0n) is 17.4. The van der Waals surface area contributed by atoms with Crippen molar-refractivity contribution in [2.75, 3.05) is 7.11 Å². The number of ether oxygens (including phenoxy) is 1. The number of halogens is 1. The van der Waals surface area contributed by atoms with Crippen molar-refractivity contribution in [2.45, 2.75) is 11.8 Å². The van der Waals surface area contributed by atoms with Crippen molar-refractivity contribution in [1.29, 1.82) is 0 Å². The molecule has 0 saturated heterocycles. The van der Waals surface area contributed by atoms with Crippen molar-refractivity contribution in [1.82, 2.24) is 3.97 Å². The molecular formula is C25H20BrNO4S. The average molecular weight is 510 g/mol. The summed E-state index contributed by atoms with van der Waals surface area (Å²) < 4.78 is 34.4. The molecule has 162 valence electrons. The first-order valence-electron chi connectivity index (χ1n) is 9.80. The number of ketones is 1. The molecular weight excluding hydrogens is 490 g/mol. The van der Waals surface area contributed by atoms with Crippen LogP contribution in [-0.2, 0) is 10.0 Å². The molecule has 0 spiro atoms. The van der Waals surface area contributed by atoms with E-state index in [1.807, 2.05) is 6.92 Å². The van der Waals surface area contributed by atoms with Gasteiger partial charge in [-0.1, -0.05) is 45.8 Å². The highest BCUT2D eigenvalue weighted by Gasteiger charge is 2.28. The highest BCUT2D eigenvalue weighted by Crippen LogP contribution is 2.31. The van der Waals surface area contributed by atoms with Gasteiger partial charge in [0.2, 0.25) is 5.78 Å². The molecule has 1 aromatic heterocycles. The highest BCUT2D eigenvalue weighted by molar-refractivity contribution is 9.10. The number of methoxy groups -OCH3 is 1. The van der Waals surface area contributed by atoms with Crippen molar-refractivity contribution in [3.05, 3.63) is 106 Å². The van der Waals surface area contributed by atoms with E-state index in [9.17, 15) is 13.2 Å². The van der Waals surface area contributed by atoms with Crippen LogP contribution in [0, 0.1) is 6.92 Å². The van der Waals surface area contributed by atoms with E-state index in [0.29, 0.717) is 27.0 Å². The molecule has 0 aliphatic carbocycles. The van der Waals surface area contributed by atoms with E-state index in [4.69, 9.17) is 4.74 Å². The Morgan fingerprint density at radius 2 is 1.53 bits per heavy atom. The van der Waals surface area contributed by atoms with E-state index in [2.05, 4.69) is 15.9 Å². The molecule has 0 fully saturated rings. The second-order valence-electron chi connectivity index (χ2n) is 7.22. The van der Waals surface area contributed by atoms with Gasteiger partial charge >= 0.3 is 0 Å². The molecule has 0 aliphatic rings. The third-order valence-corrected chi connectivity index (χ3v) is 7.57. The zero-order chi connectivity index (χ0) is 22.9. The number of carbonyl (C=O) groups excluding carboxylic acids is 1. The van der Waals surface area contributed by atoms with Gasteiger partial charge in [-0.15, -0.1) is 0 Å². The van der Waals surface area contributed by atoms with Gasteiger partial charge in [-0.25, -0.2) is 12.4 Å². The van der Waals surface area contributed by atoms with Crippen LogP contribution in [0.4, 0.5) is 0 Å². The molecule has 5 nitrogen and oxygen atoms in total. The Morgan fingerprint density at radius 1 is 0.875 bits per heavy atom. The van der Waals surface area contributed by atoms with E-state index in [1.165, 1.54) is 0 Å². The number of carbonyl (C=O) groups is 1. The van der Waals surface area contributed by atoms with Gasteiger partial charge in [0.1, 0.15) is 11.4 Å². The predicted octanol–water partition coefficient (Wildman–Crippen LogP) is 5.70. The largest absolute Gasteiger partial charge is 0.497 e. The van der Waals surface area contributed by atoms with Crippen LogP contribution in [0.2, 0.25) is 0 Å². The summed E-state index contributed by atoms with van der Waals surface area (Å²) in [5.74, 6) is 0.255. The molecule has 3 aromatic carbocycles. The first-order valence-corrected chi connectivity index (χ1v) is 12.0. The molecule has 7 heteroatoms. The van der Waals surface area contributed by atoms with Gasteiger partial charge in [-0.2, -0.15) is 0 Å². The quantitative estimate of drug-likeness (QED) is 0.312. The maximum atomic E-state index is 13.7. The summed E-state index contributed by atoms with van der Waals surface area (Å²) in [5.41, 5.74) is 2.42. The number of nitrogens with zero attached hydrogens (tertiary/aromatic N) is 1. The molecule has 0 radical (unpaired) electrons. The van der Waals surface area contributed by atoms with Crippen molar-refractivity contribution < 1.29 is 17.9 Å². The van der Waals surface area contributed by atoms with Crippen LogP contribution in [-0.4, -0.2) is 25.3 Å². The number of aromatic nitrogens is 1. The smallest absolute Gasteiger partial charge is 0.268 e. The molecule has 0 bridgehead atoms. The van der Waals surface area contributed by atoms with Crippen LogP contribution in [0.15, 0.2) is 94.3 Å². The second-order valence-corrected chi connectivity index (χ2v) is 9.86. The van der Waals surface area contributed by atoms with Crippen molar-refractivity contribution in [2.24, 2.45) is 0 Å². The van der Waals surface area contributed by atoms with E-state index in [1.54, 1.807) is 92.0 Å². The first kappa shape index (κ1) is 22.0. The van der Waals surface area contributed by atoms with E-state index >= 15 is 0 Å². The Balaban J connectivity index is 1.95. The number of hydrogen-bond acceptors (Lipinski definition) is 4. The monoisotopic (exact) mass is 509 g/mol. The lowest BCUT2D eigenvalue weighted by Crippen LogP contribution is -2.20. The molecule has 1 heterocycles. The summed E-state index contributed by atoms with van der Waals surface area (Å²) in [6.07, 6.45) is 0. The Labute approximate surface area is 195 Å². The van der Waals surface area contributed by atoms with E-state index in [0.717, 1.165) is 9.54 Å². The number of hydrogen-bond donors (Lipinski definition) is 0. The third-order valence-electron chi connectivity index (χ3n) is 5.13. The Morgan fingerprint density at radius 3 is 2.16 bits per heavy atom. The van der Waals surface area contributed by atoms with Gasteiger partial charge in [0.25, 0.3) is 10.0 Å². The fourth-order valence-corrected chi connectivity index (χ4v) is 5.41. The van der Waals surface area contributed by atoms with Crippen LogP contribution < -0.4 is 4.74 Å². The Kier molecular flexibility index (Phi) is 6.04. The van der Waals surface area contributed by atoms with Crippen LogP contribution >= 0.6 is 15.9 Å². The fraction of sp³-hybridized carbons (Fsp3) is 0.0800. The molecule has 32 heavy (non-hydrogen) atoms. The van der Waals surface area contributed by atoms with Gasteiger partial charge in [-0.3, -0.25) is 4.79 Å². The van der Waals surface area contributed by atoms with Crippen molar-refractivity contribution >= 4 is 31.7 Å². The van der Waals surface area contributed by atoms with Gasteiger partial charge in [0, 0.05) is 10.0 Å². The molecule has 0 unspecified atom stereocenters. The minimum Gasteiger partial charge on any atom is -0.497 e. The number of benzene rings is 3. The standard InChI is InChI=1S/C25H20BrNO4S/c1-17-7-13-20(14-8-17)32(29,30)27-23(18-9-11-19(31-2)12-10-18)15-16-24(27)25(28)21-5-3-4-6-22(21)26/h3-16H,1-2H3. The second kappa shape index (κ2) is 8.76. The van der Waals surface area contributed by atoms with Crippen LogP contribution in [0.5, 0.6) is 5.75 Å². The summed E-state index contributed by atoms with van der Waals surface area (Å²) in [4.78, 5) is 13.5. The summed E-state index contributed by atoms with van der Waals surface area (Å²) in [6.45, 7) is 1.89. The van der Waals surface area contributed by atoms with Gasteiger partial charge in [-0.05, 0) is 73.2 Å². The molecule has 0 N–H and O–H groups in total. The highest BCUT2D eigenvalue weighted by atomic mass is 79.9. The maximum Gasteiger partial charge on any atom is 0.268 e. The molecule has 0 amide bonds. The summed E-state index contributed by atoms with van der Waals surface area (Å²) in [5, 5.41) is 0. The molecule has 4 aromatic rings. The third kappa shape index (κ3) is 4.01. The van der Waals surface area contributed by atoms with Crippen LogP contribution in [0.1, 0.15) is 21.6 Å². The summed E-state index contributed by atoms with van der Waals surface area (Å²) in [6, 6.07) is 23.8. The lowest BCUT2D eigenvalue weighted by molar-refractivity contribution is 0.103. The van der Waals surface area contributed by atoms with Crippen LogP contribution in [0.3, 0.4) is 0 Å². The average Bonchev–Trinajstić information content (AvgIpc) is 3.25. The molecule has 0 saturated carbocycles. The minimum atomic E-state index is -4.05. The maximum absolute atomic E-state index is 13.7. The van der Waals surface area contributed by atoms with Gasteiger partial charge in [0.05, 0.1) is 17.7 Å². The molecule has 0 atom stereocenters. The summed E-state index contributed by atoms with van der Waals surface area (Å²) >= 11 is 3.40. The molecule has 4 rings (SSSR count). The fourth-order valence-electron chi connectivity index (χ4n) is 3.42. The SMILES string of the molecule is COc1ccc(-c2ccc(C(=O)c3ccccc3Br)n2S(=O)(=O)c2ccc(C)cc2)cc1. The Hall–Kier alpha value is -3.16. The Bertz CT molecular complexity index is 1390. The minimum absolute atomic E-state index is 0.0586. The van der Waals surface area contributed by atoms with Crippen LogP contribution in [0.25, 0.3) is 11.3 Å². The first-order chi connectivity index (χ1) is 15.3. The lowest BCUT2D eigenvalue weighted by atomic mass is 10.1. The van der Waals surface area contributed by atoms with Crippen molar-refractivity contribution in [3.8, 4) is 17.0 Å². The topological polar surface area (TPSA) is 65.4 Å².